The van der Waals surface area contributed by atoms with Gasteiger partial charge in [0.1, 0.15) is 0 Å². The van der Waals surface area contributed by atoms with Gasteiger partial charge in [0, 0.05) is 21.3 Å². The molecule has 0 aliphatic rings. The smallest absolute Gasteiger partial charge is 0.0766 e. The van der Waals surface area contributed by atoms with Gasteiger partial charge in [-0.3, -0.25) is 4.99 Å². The Bertz CT molecular complexity index is 664. The Kier molecular flexibility index (Phi) is 7.14. The first-order valence-corrected chi connectivity index (χ1v) is 8.99. The normalized spacial score (nSPS) is 13.1. The molecule has 3 heteroatoms. The van der Waals surface area contributed by atoms with Gasteiger partial charge < -0.3 is 0 Å². The third-order valence-corrected chi connectivity index (χ3v) is 4.48. The van der Waals surface area contributed by atoms with Crippen LogP contribution in [0.3, 0.4) is 0 Å². The molecule has 0 saturated heterocycles. The maximum atomic E-state index is 6.40. The molecule has 0 aromatic heterocycles. The minimum Gasteiger partial charge on any atom is -0.281 e. The topological polar surface area (TPSA) is 12.4 Å². The van der Waals surface area contributed by atoms with Crippen LogP contribution in [-0.4, -0.2) is 5.71 Å². The van der Waals surface area contributed by atoms with Crippen molar-refractivity contribution in [2.75, 3.05) is 0 Å². The van der Waals surface area contributed by atoms with E-state index in [0.29, 0.717) is 0 Å². The van der Waals surface area contributed by atoms with E-state index < -0.39 is 0 Å². The molecule has 0 spiro atoms. The van der Waals surface area contributed by atoms with Crippen molar-refractivity contribution < 1.29 is 0 Å². The first-order chi connectivity index (χ1) is 11.2. The van der Waals surface area contributed by atoms with Crippen LogP contribution in [-0.2, 0) is 0 Å². The second-order valence-electron chi connectivity index (χ2n) is 5.63. The van der Waals surface area contributed by atoms with Crippen molar-refractivity contribution in [2.24, 2.45) is 4.99 Å². The molecule has 0 N–H and O–H groups in total. The molecule has 2 aromatic rings. The summed E-state index contributed by atoms with van der Waals surface area (Å²) in [6, 6.07) is 16.0. The number of rotatable bonds is 7. The molecule has 0 aliphatic carbocycles. The van der Waals surface area contributed by atoms with Crippen LogP contribution >= 0.6 is 23.2 Å². The zero-order valence-corrected chi connectivity index (χ0v) is 15.2. The van der Waals surface area contributed by atoms with Crippen molar-refractivity contribution in [1.29, 1.82) is 0 Å². The Balaban J connectivity index is 2.45. The average molecular weight is 348 g/mol. The molecule has 1 nitrogen and oxygen atoms in total. The van der Waals surface area contributed by atoms with Gasteiger partial charge in [0.2, 0.25) is 0 Å². The minimum absolute atomic E-state index is 0.0755. The lowest BCUT2D eigenvalue weighted by atomic mass is 10.0. The Morgan fingerprint density at radius 3 is 2.17 bits per heavy atom. The number of aliphatic imine (C=N–C) groups is 1. The predicted molar refractivity (Wildman–Crippen MR) is 102 cm³/mol. The summed E-state index contributed by atoms with van der Waals surface area (Å²) >= 11 is 12.8. The summed E-state index contributed by atoms with van der Waals surface area (Å²) in [6.07, 6.45) is 3.97. The van der Waals surface area contributed by atoms with Gasteiger partial charge >= 0.3 is 0 Å². The Labute approximate surface area is 149 Å². The van der Waals surface area contributed by atoms with Gasteiger partial charge in [0.25, 0.3) is 0 Å². The number of halogens is 2. The Morgan fingerprint density at radius 2 is 1.57 bits per heavy atom. The largest absolute Gasteiger partial charge is 0.281 e. The fourth-order valence-corrected chi connectivity index (χ4v) is 3.20. The highest BCUT2D eigenvalue weighted by atomic mass is 35.5. The molecule has 0 fully saturated rings. The van der Waals surface area contributed by atoms with Crippen molar-refractivity contribution >= 4 is 28.9 Å². The van der Waals surface area contributed by atoms with Crippen LogP contribution in [0.15, 0.2) is 53.5 Å². The Morgan fingerprint density at radius 1 is 0.913 bits per heavy atom. The number of benzene rings is 2. The van der Waals surface area contributed by atoms with E-state index in [1.165, 1.54) is 0 Å². The van der Waals surface area contributed by atoms with E-state index in [9.17, 15) is 0 Å². The second-order valence-corrected chi connectivity index (χ2v) is 6.45. The molecule has 0 heterocycles. The number of hydrogen-bond acceptors (Lipinski definition) is 1. The fourth-order valence-electron chi connectivity index (χ4n) is 2.70. The SMILES string of the molecule is CCCC(=NC(CCC)c1ccccc1Cl)c1ccccc1Cl. The summed E-state index contributed by atoms with van der Waals surface area (Å²) in [4.78, 5) is 5.07. The standard InChI is InChI=1S/C20H23Cl2N/c1-3-9-19(15-11-5-7-13-17(15)21)23-20(10-4-2)16-12-6-8-14-18(16)22/h5-8,11-14,19H,3-4,9-10H2,1-2H3. The molecular weight excluding hydrogens is 325 g/mol. The van der Waals surface area contributed by atoms with Gasteiger partial charge in [-0.1, -0.05) is 86.3 Å². The maximum absolute atomic E-state index is 6.40. The van der Waals surface area contributed by atoms with E-state index in [1.54, 1.807) is 0 Å². The highest BCUT2D eigenvalue weighted by molar-refractivity contribution is 6.34. The summed E-state index contributed by atoms with van der Waals surface area (Å²) < 4.78 is 0. The molecule has 23 heavy (non-hydrogen) atoms. The summed E-state index contributed by atoms with van der Waals surface area (Å²) in [5.74, 6) is 0. The molecule has 1 atom stereocenters. The Hall–Kier alpha value is -1.31. The van der Waals surface area contributed by atoms with Crippen LogP contribution in [0.2, 0.25) is 10.0 Å². The third-order valence-electron chi connectivity index (χ3n) is 3.81. The molecule has 0 amide bonds. The number of nitrogens with zero attached hydrogens (tertiary/aromatic N) is 1. The van der Waals surface area contributed by atoms with E-state index in [1.807, 2.05) is 42.5 Å². The molecule has 0 bridgehead atoms. The highest BCUT2D eigenvalue weighted by Gasteiger charge is 2.15. The van der Waals surface area contributed by atoms with Crippen LogP contribution in [0.5, 0.6) is 0 Å². The van der Waals surface area contributed by atoms with E-state index >= 15 is 0 Å². The van der Waals surface area contributed by atoms with Gasteiger partial charge in [-0.15, -0.1) is 0 Å². The lowest BCUT2D eigenvalue weighted by Crippen LogP contribution is -2.06. The highest BCUT2D eigenvalue weighted by Crippen LogP contribution is 2.31. The van der Waals surface area contributed by atoms with Crippen molar-refractivity contribution in [2.45, 2.75) is 45.6 Å². The summed E-state index contributed by atoms with van der Waals surface area (Å²) in [5.41, 5.74) is 3.19. The first-order valence-electron chi connectivity index (χ1n) is 8.23. The van der Waals surface area contributed by atoms with Crippen LogP contribution in [0.4, 0.5) is 0 Å². The van der Waals surface area contributed by atoms with E-state index in [4.69, 9.17) is 28.2 Å². The minimum atomic E-state index is 0.0755. The monoisotopic (exact) mass is 347 g/mol. The zero-order chi connectivity index (χ0) is 16.7. The van der Waals surface area contributed by atoms with Gasteiger partial charge in [-0.25, -0.2) is 0 Å². The van der Waals surface area contributed by atoms with Crippen LogP contribution in [0, 0.1) is 0 Å². The quantitative estimate of drug-likeness (QED) is 0.472. The molecule has 122 valence electrons. The van der Waals surface area contributed by atoms with Gasteiger partial charge in [0.15, 0.2) is 0 Å². The summed E-state index contributed by atoms with van der Waals surface area (Å²) in [6.45, 7) is 4.34. The third kappa shape index (κ3) is 4.83. The molecule has 0 aliphatic heterocycles. The molecule has 0 saturated carbocycles. The average Bonchev–Trinajstić information content (AvgIpc) is 2.55. The molecule has 2 aromatic carbocycles. The van der Waals surface area contributed by atoms with Crippen LogP contribution in [0.25, 0.3) is 0 Å². The molecule has 0 radical (unpaired) electrons. The lowest BCUT2D eigenvalue weighted by Gasteiger charge is -2.17. The summed E-state index contributed by atoms with van der Waals surface area (Å²) in [5, 5.41) is 1.54. The van der Waals surface area contributed by atoms with Crippen LogP contribution in [0.1, 0.15) is 56.7 Å². The molecule has 1 unspecified atom stereocenters. The van der Waals surface area contributed by atoms with E-state index in [2.05, 4.69) is 19.9 Å². The lowest BCUT2D eigenvalue weighted by molar-refractivity contribution is 0.639. The van der Waals surface area contributed by atoms with Crippen molar-refractivity contribution in [1.82, 2.24) is 0 Å². The van der Waals surface area contributed by atoms with Crippen molar-refractivity contribution in [3.63, 3.8) is 0 Å². The van der Waals surface area contributed by atoms with Crippen molar-refractivity contribution in [3.8, 4) is 0 Å². The molecular formula is C20H23Cl2N. The zero-order valence-electron chi connectivity index (χ0n) is 13.7. The first kappa shape index (κ1) is 18.0. The van der Waals surface area contributed by atoms with E-state index in [-0.39, 0.29) is 6.04 Å². The maximum Gasteiger partial charge on any atom is 0.0766 e. The van der Waals surface area contributed by atoms with Gasteiger partial charge in [-0.2, -0.15) is 0 Å². The fraction of sp³-hybridized carbons (Fsp3) is 0.350. The van der Waals surface area contributed by atoms with E-state index in [0.717, 1.165) is 52.6 Å². The predicted octanol–water partition coefficient (Wildman–Crippen LogP) is 7.12. The number of hydrogen-bond donors (Lipinski definition) is 0. The second kappa shape index (κ2) is 9.10. The summed E-state index contributed by atoms with van der Waals surface area (Å²) in [7, 11) is 0. The van der Waals surface area contributed by atoms with Gasteiger partial charge in [-0.05, 0) is 30.5 Å². The van der Waals surface area contributed by atoms with Crippen LogP contribution < -0.4 is 0 Å². The molecule has 2 rings (SSSR count). The van der Waals surface area contributed by atoms with Gasteiger partial charge in [0.05, 0.1) is 6.04 Å². The van der Waals surface area contributed by atoms with Crippen molar-refractivity contribution in [3.05, 3.63) is 69.7 Å².